The first-order chi connectivity index (χ1) is 21.1. The number of amides is 3. The minimum atomic E-state index is -0.980. The standard InChI is InChI=1S/C34H41N7O2/c1-2-19-41-30-13-7-6-12-29(30)31(25-9-4-3-5-10-25)37-32(33(41)42)38-34(43)36-26-14-16-27(17-15-26)39-20-22-40(23-21-39)28-11-8-18-35-24-28/h6-8,11-18,24-25,32H,2-5,9-10,19-23H2,1H3,(H2,36,38,43). The van der Waals surface area contributed by atoms with Gasteiger partial charge in [0.2, 0.25) is 6.17 Å². The van der Waals surface area contributed by atoms with E-state index in [2.05, 4.69) is 44.5 Å². The van der Waals surface area contributed by atoms with E-state index in [0.29, 0.717) is 12.2 Å². The second-order valence-corrected chi connectivity index (χ2v) is 11.6. The lowest BCUT2D eigenvalue weighted by Gasteiger charge is -2.37. The average molecular weight is 580 g/mol. The van der Waals surface area contributed by atoms with Gasteiger partial charge in [-0.25, -0.2) is 4.79 Å². The Morgan fingerprint density at radius 1 is 0.884 bits per heavy atom. The highest BCUT2D eigenvalue weighted by Crippen LogP contribution is 2.34. The van der Waals surface area contributed by atoms with E-state index < -0.39 is 12.2 Å². The maximum absolute atomic E-state index is 13.8. The van der Waals surface area contributed by atoms with Crippen LogP contribution in [0.1, 0.15) is 51.0 Å². The number of pyridine rings is 1. The highest BCUT2D eigenvalue weighted by atomic mass is 16.2. The monoisotopic (exact) mass is 579 g/mol. The van der Waals surface area contributed by atoms with Crippen LogP contribution in [0.15, 0.2) is 78.0 Å². The molecule has 1 unspecified atom stereocenters. The number of urea groups is 1. The van der Waals surface area contributed by atoms with E-state index in [1.165, 1.54) is 6.42 Å². The van der Waals surface area contributed by atoms with Gasteiger partial charge in [0.05, 0.1) is 23.3 Å². The van der Waals surface area contributed by atoms with E-state index in [9.17, 15) is 9.59 Å². The quantitative estimate of drug-likeness (QED) is 0.376. The molecule has 0 radical (unpaired) electrons. The van der Waals surface area contributed by atoms with Crippen molar-refractivity contribution in [2.45, 2.75) is 51.6 Å². The van der Waals surface area contributed by atoms with Gasteiger partial charge in [-0.2, -0.15) is 0 Å². The molecule has 3 amide bonds. The topological polar surface area (TPSA) is 93.2 Å². The van der Waals surface area contributed by atoms with Gasteiger partial charge in [-0.1, -0.05) is 44.4 Å². The molecule has 224 valence electrons. The molecule has 2 fully saturated rings. The molecule has 9 nitrogen and oxygen atoms in total. The molecule has 6 rings (SSSR count). The number of aromatic nitrogens is 1. The van der Waals surface area contributed by atoms with Crippen LogP contribution >= 0.6 is 0 Å². The van der Waals surface area contributed by atoms with Gasteiger partial charge in [0, 0.05) is 61.8 Å². The predicted octanol–water partition coefficient (Wildman–Crippen LogP) is 5.68. The van der Waals surface area contributed by atoms with Crippen molar-refractivity contribution in [1.29, 1.82) is 0 Å². The fraction of sp³-hybridized carbons (Fsp3) is 0.412. The highest BCUT2D eigenvalue weighted by Gasteiger charge is 2.34. The SMILES string of the molecule is CCCN1C(=O)C(NC(=O)Nc2ccc(N3CCN(c4cccnc4)CC3)cc2)N=C(C2CCCCC2)c2ccccc21. The predicted molar refractivity (Wildman–Crippen MR) is 173 cm³/mol. The van der Waals surface area contributed by atoms with Crippen LogP contribution in [0.4, 0.5) is 27.5 Å². The van der Waals surface area contributed by atoms with Crippen molar-refractivity contribution in [2.24, 2.45) is 10.9 Å². The Morgan fingerprint density at radius 2 is 1.60 bits per heavy atom. The Balaban J connectivity index is 1.13. The van der Waals surface area contributed by atoms with Crippen molar-refractivity contribution in [3.05, 3.63) is 78.6 Å². The van der Waals surface area contributed by atoms with Crippen molar-refractivity contribution >= 4 is 40.4 Å². The molecule has 2 aliphatic heterocycles. The van der Waals surface area contributed by atoms with E-state index in [4.69, 9.17) is 4.99 Å². The fourth-order valence-corrected chi connectivity index (χ4v) is 6.52. The Hall–Kier alpha value is -4.40. The molecule has 1 saturated heterocycles. The van der Waals surface area contributed by atoms with Gasteiger partial charge in [0.1, 0.15) is 0 Å². The summed E-state index contributed by atoms with van der Waals surface area (Å²) in [5.41, 5.74) is 5.78. The number of nitrogens with zero attached hydrogens (tertiary/aromatic N) is 5. The molecular weight excluding hydrogens is 538 g/mol. The molecule has 3 heterocycles. The summed E-state index contributed by atoms with van der Waals surface area (Å²) in [7, 11) is 0. The summed E-state index contributed by atoms with van der Waals surface area (Å²) in [5, 5.41) is 5.83. The minimum Gasteiger partial charge on any atom is -0.368 e. The number of nitrogens with one attached hydrogen (secondary N) is 2. The van der Waals surface area contributed by atoms with Crippen molar-refractivity contribution in [2.75, 3.05) is 52.7 Å². The van der Waals surface area contributed by atoms with Crippen LogP contribution in [0, 0.1) is 5.92 Å². The van der Waals surface area contributed by atoms with E-state index in [-0.39, 0.29) is 11.8 Å². The van der Waals surface area contributed by atoms with Crippen LogP contribution in [0.2, 0.25) is 0 Å². The summed E-state index contributed by atoms with van der Waals surface area (Å²) in [6, 6.07) is 19.6. The number of para-hydroxylation sites is 1. The van der Waals surface area contributed by atoms with Crippen LogP contribution < -0.4 is 25.3 Å². The van der Waals surface area contributed by atoms with Crippen molar-refractivity contribution in [3.8, 4) is 0 Å². The number of aliphatic imine (C=N–C) groups is 1. The lowest BCUT2D eigenvalue weighted by atomic mass is 9.83. The Labute approximate surface area is 254 Å². The van der Waals surface area contributed by atoms with Gasteiger partial charge < -0.3 is 25.3 Å². The van der Waals surface area contributed by atoms with Gasteiger partial charge in [-0.3, -0.25) is 14.8 Å². The third kappa shape index (κ3) is 6.50. The lowest BCUT2D eigenvalue weighted by molar-refractivity contribution is -0.120. The van der Waals surface area contributed by atoms with Crippen LogP contribution in [-0.4, -0.2) is 61.5 Å². The van der Waals surface area contributed by atoms with Crippen LogP contribution in [-0.2, 0) is 4.79 Å². The van der Waals surface area contributed by atoms with Gasteiger partial charge in [0.25, 0.3) is 5.91 Å². The van der Waals surface area contributed by atoms with E-state index in [0.717, 1.165) is 86.6 Å². The zero-order chi connectivity index (χ0) is 29.6. The molecule has 2 aromatic carbocycles. The third-order valence-electron chi connectivity index (χ3n) is 8.73. The molecular formula is C34H41N7O2. The Morgan fingerprint density at radius 3 is 2.30 bits per heavy atom. The first kappa shape index (κ1) is 28.7. The number of benzodiazepines with no additional fused rings is 1. The Kier molecular flexibility index (Phi) is 8.86. The number of carbonyl (C=O) groups is 2. The zero-order valence-corrected chi connectivity index (χ0v) is 24.9. The maximum Gasteiger partial charge on any atom is 0.321 e. The summed E-state index contributed by atoms with van der Waals surface area (Å²) < 4.78 is 0. The summed E-state index contributed by atoms with van der Waals surface area (Å²) in [6.07, 6.45) is 9.20. The van der Waals surface area contributed by atoms with Crippen LogP contribution in [0.3, 0.4) is 0 Å². The number of hydrogen-bond donors (Lipinski definition) is 2. The number of benzene rings is 2. The smallest absolute Gasteiger partial charge is 0.321 e. The first-order valence-electron chi connectivity index (χ1n) is 15.7. The number of anilines is 4. The summed E-state index contributed by atoms with van der Waals surface area (Å²) in [5.74, 6) is 0.0893. The zero-order valence-electron chi connectivity index (χ0n) is 24.9. The molecule has 3 aromatic rings. The molecule has 1 aromatic heterocycles. The number of hydrogen-bond acceptors (Lipinski definition) is 6. The second-order valence-electron chi connectivity index (χ2n) is 11.6. The summed E-state index contributed by atoms with van der Waals surface area (Å²) in [6.45, 7) is 6.29. The van der Waals surface area contributed by atoms with Gasteiger partial charge in [0.15, 0.2) is 0 Å². The minimum absolute atomic E-state index is 0.198. The fourth-order valence-electron chi connectivity index (χ4n) is 6.52. The average Bonchev–Trinajstić information content (AvgIpc) is 3.17. The number of rotatable bonds is 7. The summed E-state index contributed by atoms with van der Waals surface area (Å²) in [4.78, 5) is 42.8. The van der Waals surface area contributed by atoms with Crippen LogP contribution in [0.5, 0.6) is 0 Å². The summed E-state index contributed by atoms with van der Waals surface area (Å²) >= 11 is 0. The van der Waals surface area contributed by atoms with E-state index in [1.54, 1.807) is 11.1 Å². The maximum atomic E-state index is 13.8. The third-order valence-corrected chi connectivity index (χ3v) is 8.73. The second kappa shape index (κ2) is 13.3. The van der Waals surface area contributed by atoms with Crippen LogP contribution in [0.25, 0.3) is 0 Å². The Bertz CT molecular complexity index is 1430. The number of piperazine rings is 1. The first-order valence-corrected chi connectivity index (χ1v) is 15.7. The lowest BCUT2D eigenvalue weighted by Crippen LogP contribution is -2.49. The van der Waals surface area contributed by atoms with E-state index in [1.807, 2.05) is 54.7 Å². The molecule has 0 spiro atoms. The molecule has 0 bridgehead atoms. The van der Waals surface area contributed by atoms with Crippen molar-refractivity contribution in [3.63, 3.8) is 0 Å². The van der Waals surface area contributed by atoms with Crippen molar-refractivity contribution in [1.82, 2.24) is 10.3 Å². The molecule has 9 heteroatoms. The number of carbonyl (C=O) groups excluding carboxylic acids is 2. The molecule has 1 aliphatic carbocycles. The molecule has 3 aliphatic rings. The van der Waals surface area contributed by atoms with E-state index >= 15 is 0 Å². The molecule has 2 N–H and O–H groups in total. The normalized spacial score (nSPS) is 19.4. The van der Waals surface area contributed by atoms with Gasteiger partial charge in [-0.15, -0.1) is 0 Å². The van der Waals surface area contributed by atoms with Crippen molar-refractivity contribution < 1.29 is 9.59 Å². The van der Waals surface area contributed by atoms with Gasteiger partial charge >= 0.3 is 6.03 Å². The molecule has 1 atom stereocenters. The van der Waals surface area contributed by atoms with Gasteiger partial charge in [-0.05, 0) is 61.7 Å². The largest absolute Gasteiger partial charge is 0.368 e. The highest BCUT2D eigenvalue weighted by molar-refractivity contribution is 6.14. The number of fused-ring (bicyclic) bond motifs is 1. The molecule has 1 saturated carbocycles. The molecule has 43 heavy (non-hydrogen) atoms.